The van der Waals surface area contributed by atoms with Crippen LogP contribution in [0.5, 0.6) is 0 Å². The van der Waals surface area contributed by atoms with Gasteiger partial charge < -0.3 is 9.47 Å². The summed E-state index contributed by atoms with van der Waals surface area (Å²) in [5.74, 6) is 0.561. The molecule has 1 saturated carbocycles. The zero-order chi connectivity index (χ0) is 42.4. The lowest BCUT2D eigenvalue weighted by Gasteiger charge is -2.31. The van der Waals surface area contributed by atoms with Crippen molar-refractivity contribution in [2.75, 3.05) is 4.90 Å². The minimum absolute atomic E-state index is 0.561. The van der Waals surface area contributed by atoms with Crippen LogP contribution in [0.25, 0.3) is 82.4 Å². The molecule has 0 atom stereocenters. The van der Waals surface area contributed by atoms with Gasteiger partial charge in [-0.3, -0.25) is 0 Å². The van der Waals surface area contributed by atoms with Crippen LogP contribution in [0.4, 0.5) is 17.1 Å². The van der Waals surface area contributed by atoms with Gasteiger partial charge in [-0.05, 0) is 111 Å². The Morgan fingerprint density at radius 1 is 0.344 bits per heavy atom. The number of nitrogens with zero attached hydrogens (tertiary/aromatic N) is 2. The maximum absolute atomic E-state index is 2.58. The lowest BCUT2D eigenvalue weighted by molar-refractivity contribution is 0.445. The first kappa shape index (κ1) is 38.0. The van der Waals surface area contributed by atoms with Crippen molar-refractivity contribution >= 4 is 60.4 Å². The zero-order valence-electron chi connectivity index (χ0n) is 35.9. The second kappa shape index (κ2) is 16.2. The van der Waals surface area contributed by atoms with E-state index >= 15 is 0 Å². The molecule has 1 heterocycles. The molecule has 1 fully saturated rings. The number of aromatic nitrogens is 1. The molecule has 10 aromatic carbocycles. The van der Waals surface area contributed by atoms with Crippen LogP contribution in [-0.4, -0.2) is 4.57 Å². The number of para-hydroxylation sites is 4. The summed E-state index contributed by atoms with van der Waals surface area (Å²) in [7, 11) is 0. The molecule has 0 unspecified atom stereocenters. The van der Waals surface area contributed by atoms with Crippen molar-refractivity contribution in [2.24, 2.45) is 0 Å². The van der Waals surface area contributed by atoms with Crippen LogP contribution >= 0.6 is 0 Å². The van der Waals surface area contributed by atoms with E-state index in [-0.39, 0.29) is 0 Å². The highest BCUT2D eigenvalue weighted by molar-refractivity contribution is 6.18. The van der Waals surface area contributed by atoms with Gasteiger partial charge in [0, 0.05) is 27.6 Å². The van der Waals surface area contributed by atoms with Crippen LogP contribution in [0.2, 0.25) is 0 Å². The smallest absolute Gasteiger partial charge is 0.0562 e. The Bertz CT molecular complexity index is 3470. The average molecular weight is 821 g/mol. The maximum Gasteiger partial charge on any atom is 0.0562 e. The number of hydrogen-bond donors (Lipinski definition) is 0. The van der Waals surface area contributed by atoms with Gasteiger partial charge in [-0.1, -0.05) is 201 Å². The van der Waals surface area contributed by atoms with E-state index in [0.29, 0.717) is 5.92 Å². The van der Waals surface area contributed by atoms with Crippen molar-refractivity contribution in [1.82, 2.24) is 4.57 Å². The molecule has 0 bridgehead atoms. The van der Waals surface area contributed by atoms with E-state index in [1.807, 2.05) is 0 Å². The summed E-state index contributed by atoms with van der Waals surface area (Å²) >= 11 is 0. The van der Waals surface area contributed by atoms with E-state index in [2.05, 4.69) is 234 Å². The largest absolute Gasteiger partial charge is 0.309 e. The van der Waals surface area contributed by atoms with Crippen LogP contribution in [0.1, 0.15) is 43.6 Å². The molecule has 1 aromatic heterocycles. The second-order valence-corrected chi connectivity index (χ2v) is 17.4. The summed E-state index contributed by atoms with van der Waals surface area (Å²) in [6.07, 6.45) is 6.42. The van der Waals surface area contributed by atoms with Crippen LogP contribution in [0, 0.1) is 0 Å². The van der Waals surface area contributed by atoms with Gasteiger partial charge >= 0.3 is 0 Å². The Hall–Kier alpha value is -7.68. The van der Waals surface area contributed by atoms with Gasteiger partial charge in [0.2, 0.25) is 0 Å². The molecular weight excluding hydrogens is 773 g/mol. The van der Waals surface area contributed by atoms with E-state index in [1.54, 1.807) is 0 Å². The van der Waals surface area contributed by atoms with Crippen LogP contribution in [0.15, 0.2) is 224 Å². The summed E-state index contributed by atoms with van der Waals surface area (Å²) < 4.78 is 2.43. The zero-order valence-corrected chi connectivity index (χ0v) is 35.9. The monoisotopic (exact) mass is 820 g/mol. The van der Waals surface area contributed by atoms with Crippen LogP contribution in [-0.2, 0) is 0 Å². The Labute approximate surface area is 375 Å². The number of fused-ring (bicyclic) bond motifs is 5. The fourth-order valence-corrected chi connectivity index (χ4v) is 11.0. The van der Waals surface area contributed by atoms with Crippen molar-refractivity contribution in [3.05, 3.63) is 230 Å². The fourth-order valence-electron chi connectivity index (χ4n) is 11.0. The highest BCUT2D eigenvalue weighted by atomic mass is 15.2. The predicted octanol–water partition coefficient (Wildman–Crippen LogP) is 17.6. The second-order valence-electron chi connectivity index (χ2n) is 17.4. The van der Waals surface area contributed by atoms with Crippen molar-refractivity contribution < 1.29 is 0 Å². The number of rotatable bonds is 8. The van der Waals surface area contributed by atoms with E-state index in [9.17, 15) is 0 Å². The number of anilines is 3. The van der Waals surface area contributed by atoms with Gasteiger partial charge in [0.1, 0.15) is 0 Å². The minimum Gasteiger partial charge on any atom is -0.309 e. The SMILES string of the molecule is c1ccc(-c2cccc3cccc(-c4ccccc4N(c4ccccc4-c4cccc5cccc(C6CCCCC6)c45)c4cccc5c4c4ccccc4n5-c4ccccc4)c23)cc1. The quantitative estimate of drug-likeness (QED) is 0.148. The highest BCUT2D eigenvalue weighted by Crippen LogP contribution is 2.51. The molecule has 0 aliphatic heterocycles. The van der Waals surface area contributed by atoms with Gasteiger partial charge in [0.15, 0.2) is 0 Å². The summed E-state index contributed by atoms with van der Waals surface area (Å²) in [6, 6.07) is 83.2. The van der Waals surface area contributed by atoms with Crippen molar-refractivity contribution in [3.63, 3.8) is 0 Å². The van der Waals surface area contributed by atoms with E-state index in [1.165, 1.54) is 114 Å². The van der Waals surface area contributed by atoms with Gasteiger partial charge in [-0.25, -0.2) is 0 Å². The summed E-state index contributed by atoms with van der Waals surface area (Å²) in [6.45, 7) is 0. The molecule has 0 N–H and O–H groups in total. The number of hydrogen-bond acceptors (Lipinski definition) is 1. The summed E-state index contributed by atoms with van der Waals surface area (Å²) in [5.41, 5.74) is 15.7. The third kappa shape index (κ3) is 6.40. The normalized spacial score (nSPS) is 13.2. The first-order valence-electron chi connectivity index (χ1n) is 23.0. The molecule has 1 aliphatic rings. The third-order valence-electron chi connectivity index (χ3n) is 13.8. The van der Waals surface area contributed by atoms with Crippen LogP contribution < -0.4 is 4.90 Å². The topological polar surface area (TPSA) is 8.17 Å². The van der Waals surface area contributed by atoms with Gasteiger partial charge in [-0.2, -0.15) is 0 Å². The van der Waals surface area contributed by atoms with Gasteiger partial charge in [0.25, 0.3) is 0 Å². The van der Waals surface area contributed by atoms with Crippen molar-refractivity contribution in [2.45, 2.75) is 38.0 Å². The molecule has 64 heavy (non-hydrogen) atoms. The molecule has 1 aliphatic carbocycles. The molecule has 12 rings (SSSR count). The number of benzene rings is 10. The molecule has 0 amide bonds. The molecule has 11 aromatic rings. The Morgan fingerprint density at radius 3 is 1.55 bits per heavy atom. The van der Waals surface area contributed by atoms with Crippen molar-refractivity contribution in [3.8, 4) is 39.1 Å². The molecule has 2 heteroatoms. The summed E-state index contributed by atoms with van der Waals surface area (Å²) in [4.78, 5) is 2.58. The molecule has 0 saturated heterocycles. The average Bonchev–Trinajstić information content (AvgIpc) is 3.72. The van der Waals surface area contributed by atoms with Crippen molar-refractivity contribution in [1.29, 1.82) is 0 Å². The third-order valence-corrected chi connectivity index (χ3v) is 13.8. The first-order valence-corrected chi connectivity index (χ1v) is 23.0. The van der Waals surface area contributed by atoms with Gasteiger partial charge in [0.05, 0.1) is 28.1 Å². The molecule has 306 valence electrons. The summed E-state index contributed by atoms with van der Waals surface area (Å²) in [5, 5.41) is 7.60. The lowest BCUT2D eigenvalue weighted by atomic mass is 9.80. The standard InChI is InChI=1S/C62H48N2/c1-4-21-43(22-5-1)48-34-16-25-45-27-18-36-52(60(45)48)50-31-10-13-38-55(50)64(59-42-20-41-58-62(59)54-33-12-15-40-57(54)63(58)47-29-8-3-9-30-47)56-39-14-11-32-51(56)53-37-19-28-46-26-17-35-49(61(46)53)44-23-6-2-7-24-44/h1,3-5,8-22,25-42,44H,2,6-7,23-24H2. The predicted molar refractivity (Wildman–Crippen MR) is 273 cm³/mol. The molecule has 0 spiro atoms. The highest BCUT2D eigenvalue weighted by Gasteiger charge is 2.27. The maximum atomic E-state index is 2.58. The van der Waals surface area contributed by atoms with E-state index in [0.717, 1.165) is 22.7 Å². The van der Waals surface area contributed by atoms with E-state index in [4.69, 9.17) is 0 Å². The Morgan fingerprint density at radius 2 is 0.844 bits per heavy atom. The lowest BCUT2D eigenvalue weighted by Crippen LogP contribution is -2.13. The van der Waals surface area contributed by atoms with Gasteiger partial charge in [-0.15, -0.1) is 0 Å². The Balaban J connectivity index is 1.18. The Kier molecular flexibility index (Phi) is 9.64. The molecule has 0 radical (unpaired) electrons. The van der Waals surface area contributed by atoms with E-state index < -0.39 is 0 Å². The fraction of sp³-hybridized carbons (Fsp3) is 0.0968. The molecule has 2 nitrogen and oxygen atoms in total. The minimum atomic E-state index is 0.561. The molecular formula is C62H48N2. The first-order chi connectivity index (χ1) is 31.8. The van der Waals surface area contributed by atoms with Crippen LogP contribution in [0.3, 0.4) is 0 Å².